The molecule has 0 saturated carbocycles. The fraction of sp³-hybridized carbons (Fsp3) is 0.333. The third-order valence-corrected chi connectivity index (χ3v) is 3.03. The Morgan fingerprint density at radius 2 is 2.39 bits per heavy atom. The third kappa shape index (κ3) is 2.26. The van der Waals surface area contributed by atoms with Crippen LogP contribution in [0.3, 0.4) is 0 Å². The lowest BCUT2D eigenvalue weighted by Gasteiger charge is -2.06. The zero-order valence-electron chi connectivity index (χ0n) is 10.0. The predicted octanol–water partition coefficient (Wildman–Crippen LogP) is 1.42. The van der Waals surface area contributed by atoms with Gasteiger partial charge in [0.25, 0.3) is 0 Å². The van der Waals surface area contributed by atoms with Crippen LogP contribution in [-0.2, 0) is 6.54 Å². The van der Waals surface area contributed by atoms with Gasteiger partial charge in [0.05, 0.1) is 23.8 Å². The summed E-state index contributed by atoms with van der Waals surface area (Å²) in [7, 11) is 0. The second-order valence-corrected chi connectivity index (χ2v) is 4.87. The first-order valence-corrected chi connectivity index (χ1v) is 6.26. The van der Waals surface area contributed by atoms with Gasteiger partial charge in [-0.15, -0.1) is 0 Å². The lowest BCUT2D eigenvalue weighted by atomic mass is 10.4. The average Bonchev–Trinajstić information content (AvgIpc) is 2.92. The summed E-state index contributed by atoms with van der Waals surface area (Å²) in [4.78, 5) is 8.83. The van der Waals surface area contributed by atoms with E-state index >= 15 is 0 Å². The van der Waals surface area contributed by atoms with Crippen molar-refractivity contribution in [2.75, 3.05) is 6.54 Å². The molecule has 0 bridgehead atoms. The van der Waals surface area contributed by atoms with Gasteiger partial charge >= 0.3 is 0 Å². The summed E-state index contributed by atoms with van der Waals surface area (Å²) in [6.07, 6.45) is 3.81. The van der Waals surface area contributed by atoms with Crippen LogP contribution in [-0.4, -0.2) is 27.9 Å². The molecule has 2 aromatic heterocycles. The summed E-state index contributed by atoms with van der Waals surface area (Å²) in [6.45, 7) is 3.58. The van der Waals surface area contributed by atoms with E-state index in [4.69, 9.17) is 11.6 Å². The largest absolute Gasteiger partial charge is 0.352 e. The molecule has 94 valence electrons. The monoisotopic (exact) mass is 263 g/mol. The van der Waals surface area contributed by atoms with Gasteiger partial charge in [0, 0.05) is 18.4 Å². The van der Waals surface area contributed by atoms with Crippen molar-refractivity contribution >= 4 is 23.2 Å². The number of guanidine groups is 1. The molecule has 1 unspecified atom stereocenters. The average molecular weight is 264 g/mol. The number of aliphatic imine (C=N–C) groups is 1. The molecular weight excluding hydrogens is 250 g/mol. The molecule has 0 fully saturated rings. The van der Waals surface area contributed by atoms with E-state index in [-0.39, 0.29) is 0 Å². The van der Waals surface area contributed by atoms with Crippen LogP contribution in [0.4, 0.5) is 0 Å². The minimum absolute atomic E-state index is 0.410. The van der Waals surface area contributed by atoms with E-state index in [1.165, 1.54) is 0 Å². The molecule has 0 spiro atoms. The minimum atomic E-state index is 0.410. The molecule has 3 heterocycles. The van der Waals surface area contributed by atoms with E-state index in [9.17, 15) is 0 Å². The Hall–Kier alpha value is -1.75. The van der Waals surface area contributed by atoms with Crippen molar-refractivity contribution in [2.45, 2.75) is 19.5 Å². The summed E-state index contributed by atoms with van der Waals surface area (Å²) in [5.74, 6) is 0.845. The van der Waals surface area contributed by atoms with Crippen molar-refractivity contribution in [1.29, 1.82) is 0 Å². The van der Waals surface area contributed by atoms with Crippen LogP contribution in [0.1, 0.15) is 12.6 Å². The van der Waals surface area contributed by atoms with Crippen LogP contribution in [0.15, 0.2) is 29.5 Å². The standard InChI is InChI=1S/C12H14ClN5/c1-8-4-14-12(16-8)15-5-10-7-18-6-9(13)2-3-11(18)17-10/h2-3,6-8H,4-5H2,1H3,(H2,14,15,16). The number of nitrogens with one attached hydrogen (secondary N) is 2. The highest BCUT2D eigenvalue weighted by atomic mass is 35.5. The van der Waals surface area contributed by atoms with Crippen LogP contribution in [0.5, 0.6) is 0 Å². The second kappa shape index (κ2) is 4.49. The van der Waals surface area contributed by atoms with Crippen molar-refractivity contribution in [1.82, 2.24) is 20.0 Å². The highest BCUT2D eigenvalue weighted by molar-refractivity contribution is 6.30. The maximum absolute atomic E-state index is 5.93. The number of imidazole rings is 1. The summed E-state index contributed by atoms with van der Waals surface area (Å²) >= 11 is 5.93. The minimum Gasteiger partial charge on any atom is -0.352 e. The summed E-state index contributed by atoms with van der Waals surface area (Å²) < 4.78 is 1.92. The molecule has 2 aromatic rings. The van der Waals surface area contributed by atoms with Gasteiger partial charge in [0.15, 0.2) is 5.96 Å². The predicted molar refractivity (Wildman–Crippen MR) is 71.9 cm³/mol. The van der Waals surface area contributed by atoms with Gasteiger partial charge in [-0.1, -0.05) is 11.6 Å². The molecule has 5 nitrogen and oxygen atoms in total. The van der Waals surface area contributed by atoms with E-state index in [1.807, 2.05) is 28.9 Å². The normalized spacial score (nSPS) is 18.8. The number of rotatable bonds is 2. The Morgan fingerprint density at radius 1 is 1.50 bits per heavy atom. The number of pyridine rings is 1. The Kier molecular flexibility index (Phi) is 2.83. The summed E-state index contributed by atoms with van der Waals surface area (Å²) in [5, 5.41) is 7.19. The molecule has 1 aliphatic rings. The van der Waals surface area contributed by atoms with E-state index in [1.54, 1.807) is 0 Å². The van der Waals surface area contributed by atoms with Gasteiger partial charge < -0.3 is 15.0 Å². The Balaban J connectivity index is 1.71. The first kappa shape index (κ1) is 11.3. The Bertz CT molecular complexity index is 604. The summed E-state index contributed by atoms with van der Waals surface area (Å²) in [5.41, 5.74) is 1.85. The first-order chi connectivity index (χ1) is 8.70. The van der Waals surface area contributed by atoms with Gasteiger partial charge in [-0.3, -0.25) is 4.99 Å². The van der Waals surface area contributed by atoms with E-state index in [0.29, 0.717) is 17.6 Å². The lowest BCUT2D eigenvalue weighted by Crippen LogP contribution is -2.37. The molecule has 18 heavy (non-hydrogen) atoms. The number of hydrogen-bond acceptors (Lipinski definition) is 4. The zero-order valence-corrected chi connectivity index (χ0v) is 10.8. The summed E-state index contributed by atoms with van der Waals surface area (Å²) in [6, 6.07) is 4.15. The highest BCUT2D eigenvalue weighted by Crippen LogP contribution is 2.11. The molecule has 0 amide bonds. The van der Waals surface area contributed by atoms with Gasteiger partial charge in [-0.2, -0.15) is 0 Å². The van der Waals surface area contributed by atoms with E-state index in [0.717, 1.165) is 23.8 Å². The SMILES string of the molecule is CC1CN=C(NCc2cn3cc(Cl)ccc3n2)N1. The molecule has 3 rings (SSSR count). The van der Waals surface area contributed by atoms with Crippen LogP contribution >= 0.6 is 11.6 Å². The lowest BCUT2D eigenvalue weighted by molar-refractivity contribution is 0.712. The quantitative estimate of drug-likeness (QED) is 0.862. The number of aromatic nitrogens is 2. The first-order valence-electron chi connectivity index (χ1n) is 5.89. The molecule has 0 aliphatic carbocycles. The van der Waals surface area contributed by atoms with E-state index < -0.39 is 0 Å². The van der Waals surface area contributed by atoms with Crippen molar-refractivity contribution in [3.63, 3.8) is 0 Å². The number of fused-ring (bicyclic) bond motifs is 1. The van der Waals surface area contributed by atoms with Gasteiger partial charge in [-0.25, -0.2) is 4.98 Å². The molecule has 0 radical (unpaired) electrons. The molecule has 0 saturated heterocycles. The van der Waals surface area contributed by atoms with Gasteiger partial charge in [0.1, 0.15) is 5.65 Å². The van der Waals surface area contributed by atoms with Crippen molar-refractivity contribution < 1.29 is 0 Å². The fourth-order valence-electron chi connectivity index (χ4n) is 1.94. The maximum atomic E-state index is 5.93. The zero-order chi connectivity index (χ0) is 12.5. The second-order valence-electron chi connectivity index (χ2n) is 4.43. The molecule has 6 heteroatoms. The van der Waals surface area contributed by atoms with Crippen molar-refractivity contribution in [3.05, 3.63) is 35.2 Å². The molecule has 1 aliphatic heterocycles. The molecular formula is C12H14ClN5. The van der Waals surface area contributed by atoms with Gasteiger partial charge in [0.2, 0.25) is 0 Å². The van der Waals surface area contributed by atoms with Crippen molar-refractivity contribution in [2.24, 2.45) is 4.99 Å². The fourth-order valence-corrected chi connectivity index (χ4v) is 2.10. The molecule has 2 N–H and O–H groups in total. The van der Waals surface area contributed by atoms with Gasteiger partial charge in [-0.05, 0) is 19.1 Å². The highest BCUT2D eigenvalue weighted by Gasteiger charge is 2.12. The third-order valence-electron chi connectivity index (χ3n) is 2.81. The van der Waals surface area contributed by atoms with Crippen LogP contribution in [0.2, 0.25) is 5.02 Å². The number of nitrogens with zero attached hydrogens (tertiary/aromatic N) is 3. The maximum Gasteiger partial charge on any atom is 0.191 e. The smallest absolute Gasteiger partial charge is 0.191 e. The molecule has 1 atom stereocenters. The Morgan fingerprint density at radius 3 is 3.17 bits per heavy atom. The topological polar surface area (TPSA) is 53.7 Å². The van der Waals surface area contributed by atoms with Crippen molar-refractivity contribution in [3.8, 4) is 0 Å². The van der Waals surface area contributed by atoms with Crippen LogP contribution in [0.25, 0.3) is 5.65 Å². The van der Waals surface area contributed by atoms with Crippen LogP contribution < -0.4 is 10.6 Å². The van der Waals surface area contributed by atoms with Crippen LogP contribution in [0, 0.1) is 0 Å². The number of hydrogen-bond donors (Lipinski definition) is 2. The molecule has 0 aromatic carbocycles. The number of halogens is 1. The van der Waals surface area contributed by atoms with E-state index in [2.05, 4.69) is 27.5 Å². The Labute approximate surface area is 110 Å².